The average Bonchev–Trinajstić information content (AvgIpc) is 2.34. The second kappa shape index (κ2) is 6.14. The van der Waals surface area contributed by atoms with Gasteiger partial charge in [0.25, 0.3) is 0 Å². The van der Waals surface area contributed by atoms with Gasteiger partial charge in [0.1, 0.15) is 0 Å². The Labute approximate surface area is 112 Å². The summed E-state index contributed by atoms with van der Waals surface area (Å²) in [5.41, 5.74) is 0.810. The minimum Gasteiger partial charge on any atom is -0.479 e. The molecule has 19 heavy (non-hydrogen) atoms. The zero-order valence-corrected chi connectivity index (χ0v) is 11.5. The summed E-state index contributed by atoms with van der Waals surface area (Å²) in [5, 5.41) is 20.5. The lowest BCUT2D eigenvalue weighted by molar-refractivity contribution is -0.146. The maximum absolute atomic E-state index is 11.3. The molecule has 0 aliphatic carbocycles. The normalized spacial score (nSPS) is 14.9. The van der Waals surface area contributed by atoms with Gasteiger partial charge in [-0.25, -0.2) is 13.2 Å². The van der Waals surface area contributed by atoms with Crippen LogP contribution in [-0.4, -0.2) is 43.5 Å². The molecule has 2 atom stereocenters. The average molecular weight is 287 g/mol. The Balaban J connectivity index is 2.68. The second-order valence-corrected chi connectivity index (χ2v) is 6.34. The molecule has 0 amide bonds. The zero-order valence-electron chi connectivity index (χ0n) is 10.7. The van der Waals surface area contributed by atoms with Crippen molar-refractivity contribution in [2.75, 3.05) is 12.8 Å². The van der Waals surface area contributed by atoms with Crippen LogP contribution in [-0.2, 0) is 14.6 Å². The monoisotopic (exact) mass is 287 g/mol. The van der Waals surface area contributed by atoms with E-state index in [1.807, 2.05) is 0 Å². The summed E-state index contributed by atoms with van der Waals surface area (Å²) in [4.78, 5) is 10.7. The number of rotatable bonds is 6. The number of aliphatic carboxylic acids is 1. The van der Waals surface area contributed by atoms with Crippen LogP contribution in [0.5, 0.6) is 0 Å². The van der Waals surface area contributed by atoms with E-state index >= 15 is 0 Å². The maximum atomic E-state index is 11.3. The number of hydrogen-bond donors (Lipinski definition) is 3. The van der Waals surface area contributed by atoms with Gasteiger partial charge in [0.15, 0.2) is 15.9 Å². The molecule has 0 aliphatic heterocycles. The quantitative estimate of drug-likeness (QED) is 0.690. The van der Waals surface area contributed by atoms with Crippen LogP contribution in [0.4, 0.5) is 0 Å². The van der Waals surface area contributed by atoms with Crippen LogP contribution in [0.1, 0.15) is 18.5 Å². The summed E-state index contributed by atoms with van der Waals surface area (Å²) < 4.78 is 22.6. The lowest BCUT2D eigenvalue weighted by atomic mass is 10.1. The molecule has 1 aromatic rings. The van der Waals surface area contributed by atoms with E-state index < -0.39 is 21.9 Å². The van der Waals surface area contributed by atoms with Gasteiger partial charge >= 0.3 is 5.97 Å². The van der Waals surface area contributed by atoms with Crippen LogP contribution in [0.15, 0.2) is 29.2 Å². The first-order valence-corrected chi connectivity index (χ1v) is 7.55. The fraction of sp³-hybridized carbons (Fsp3) is 0.417. The van der Waals surface area contributed by atoms with Gasteiger partial charge < -0.3 is 15.5 Å². The van der Waals surface area contributed by atoms with Gasteiger partial charge in [-0.2, -0.15) is 0 Å². The number of carboxylic acids is 1. The van der Waals surface area contributed by atoms with Crippen molar-refractivity contribution < 1.29 is 23.4 Å². The summed E-state index contributed by atoms with van der Waals surface area (Å²) in [6, 6.07) is 6.11. The molecule has 0 bridgehead atoms. The molecule has 0 radical (unpaired) electrons. The first-order chi connectivity index (χ1) is 8.71. The Morgan fingerprint density at radius 1 is 1.32 bits per heavy atom. The van der Waals surface area contributed by atoms with Gasteiger partial charge in [0.2, 0.25) is 0 Å². The molecule has 0 fully saturated rings. The molecule has 0 spiro atoms. The predicted octanol–water partition coefficient (Wildman–Crippen LogP) is 0.186. The molecule has 0 heterocycles. The van der Waals surface area contributed by atoms with Crippen molar-refractivity contribution in [1.82, 2.24) is 5.32 Å². The largest absolute Gasteiger partial charge is 0.479 e. The minimum absolute atomic E-state index is 0.0790. The summed E-state index contributed by atoms with van der Waals surface area (Å²) in [6.07, 6.45) is -0.329. The Bertz CT molecular complexity index is 538. The number of aliphatic hydroxyl groups excluding tert-OH is 1. The number of hydrogen-bond acceptors (Lipinski definition) is 5. The molecule has 3 N–H and O–H groups in total. The van der Waals surface area contributed by atoms with Crippen LogP contribution in [0.25, 0.3) is 0 Å². The Morgan fingerprint density at radius 3 is 2.26 bits per heavy atom. The van der Waals surface area contributed by atoms with Crippen LogP contribution in [0.2, 0.25) is 0 Å². The molecule has 1 unspecified atom stereocenters. The van der Waals surface area contributed by atoms with E-state index in [1.165, 1.54) is 12.1 Å². The van der Waals surface area contributed by atoms with Crippen molar-refractivity contribution in [3.8, 4) is 0 Å². The molecular weight excluding hydrogens is 270 g/mol. The summed E-state index contributed by atoms with van der Waals surface area (Å²) >= 11 is 0. The van der Waals surface area contributed by atoms with E-state index in [0.717, 1.165) is 11.8 Å². The van der Waals surface area contributed by atoms with Crippen molar-refractivity contribution in [2.24, 2.45) is 0 Å². The Kier molecular flexibility index (Phi) is 5.04. The van der Waals surface area contributed by atoms with Crippen molar-refractivity contribution in [2.45, 2.75) is 24.0 Å². The third-order valence-corrected chi connectivity index (χ3v) is 3.84. The molecule has 6 nitrogen and oxygen atoms in total. The molecule has 0 saturated carbocycles. The number of carboxylic acid groups (broad SMARTS) is 1. The summed E-state index contributed by atoms with van der Waals surface area (Å²) in [7, 11) is -3.22. The van der Waals surface area contributed by atoms with E-state index in [1.54, 1.807) is 19.1 Å². The van der Waals surface area contributed by atoms with E-state index in [4.69, 9.17) is 10.2 Å². The van der Waals surface area contributed by atoms with Gasteiger partial charge in [0, 0.05) is 18.8 Å². The molecule has 1 rings (SSSR count). The number of sulfone groups is 1. The highest BCUT2D eigenvalue weighted by molar-refractivity contribution is 7.90. The van der Waals surface area contributed by atoms with Crippen molar-refractivity contribution >= 4 is 15.8 Å². The number of benzene rings is 1. The Hall–Kier alpha value is -1.44. The molecule has 106 valence electrons. The van der Waals surface area contributed by atoms with E-state index in [-0.39, 0.29) is 17.5 Å². The highest BCUT2D eigenvalue weighted by Crippen LogP contribution is 2.16. The zero-order chi connectivity index (χ0) is 14.6. The standard InChI is InChI=1S/C12H17NO5S/c1-8(13-7-11(14)12(15)16)9-3-5-10(6-4-9)19(2,17)18/h3-6,8,11,13-14H,7H2,1-2H3,(H,15,16)/t8-,11?/m0/s1. The van der Waals surface area contributed by atoms with Gasteiger partial charge in [-0.1, -0.05) is 12.1 Å². The minimum atomic E-state index is -3.22. The van der Waals surface area contributed by atoms with Crippen LogP contribution in [0, 0.1) is 0 Å². The van der Waals surface area contributed by atoms with Crippen molar-refractivity contribution in [1.29, 1.82) is 0 Å². The number of aliphatic hydroxyl groups is 1. The van der Waals surface area contributed by atoms with Gasteiger partial charge in [-0.15, -0.1) is 0 Å². The van der Waals surface area contributed by atoms with Gasteiger partial charge in [0.05, 0.1) is 4.90 Å². The highest BCUT2D eigenvalue weighted by Gasteiger charge is 2.15. The van der Waals surface area contributed by atoms with Crippen LogP contribution >= 0.6 is 0 Å². The fourth-order valence-electron chi connectivity index (χ4n) is 1.50. The lowest BCUT2D eigenvalue weighted by Crippen LogP contribution is -2.34. The van der Waals surface area contributed by atoms with Gasteiger partial charge in [-0.05, 0) is 24.6 Å². The third-order valence-electron chi connectivity index (χ3n) is 2.71. The molecule has 0 aliphatic rings. The lowest BCUT2D eigenvalue weighted by Gasteiger charge is -2.15. The van der Waals surface area contributed by atoms with E-state index in [0.29, 0.717) is 0 Å². The second-order valence-electron chi connectivity index (χ2n) is 4.33. The predicted molar refractivity (Wildman–Crippen MR) is 69.6 cm³/mol. The van der Waals surface area contributed by atoms with Gasteiger partial charge in [-0.3, -0.25) is 0 Å². The topological polar surface area (TPSA) is 104 Å². The highest BCUT2D eigenvalue weighted by atomic mass is 32.2. The Morgan fingerprint density at radius 2 is 1.84 bits per heavy atom. The van der Waals surface area contributed by atoms with E-state index in [2.05, 4.69) is 5.32 Å². The van der Waals surface area contributed by atoms with Crippen molar-refractivity contribution in [3.05, 3.63) is 29.8 Å². The molecule has 7 heteroatoms. The number of nitrogens with one attached hydrogen (secondary N) is 1. The van der Waals surface area contributed by atoms with Crippen molar-refractivity contribution in [3.63, 3.8) is 0 Å². The molecule has 0 saturated heterocycles. The fourth-order valence-corrected chi connectivity index (χ4v) is 2.13. The first-order valence-electron chi connectivity index (χ1n) is 5.66. The molecule has 1 aromatic carbocycles. The summed E-state index contributed by atoms with van der Waals surface area (Å²) in [5.74, 6) is -1.29. The first kappa shape index (κ1) is 15.6. The SMILES string of the molecule is C[C@H](NCC(O)C(=O)O)c1ccc(S(C)(=O)=O)cc1. The molecule has 0 aromatic heterocycles. The summed E-state index contributed by atoms with van der Waals surface area (Å²) in [6.45, 7) is 1.72. The van der Waals surface area contributed by atoms with Crippen LogP contribution in [0.3, 0.4) is 0 Å². The third kappa shape index (κ3) is 4.62. The smallest absolute Gasteiger partial charge is 0.333 e. The van der Waals surface area contributed by atoms with E-state index in [9.17, 15) is 13.2 Å². The number of carbonyl (C=O) groups is 1. The van der Waals surface area contributed by atoms with Crippen LogP contribution < -0.4 is 5.32 Å². The maximum Gasteiger partial charge on any atom is 0.333 e. The molecular formula is C12H17NO5S.